The van der Waals surface area contributed by atoms with Crippen molar-refractivity contribution in [2.75, 3.05) is 33.0 Å². The van der Waals surface area contributed by atoms with Gasteiger partial charge in [0, 0.05) is 29.2 Å². The minimum atomic E-state index is -2.80. The number of nitrogens with one attached hydrogen (secondary N) is 1. The second kappa shape index (κ2) is 10.5. The van der Waals surface area contributed by atoms with E-state index in [1.807, 2.05) is 4.90 Å². The highest BCUT2D eigenvalue weighted by Crippen LogP contribution is 2.53. The fraction of sp³-hybridized carbons (Fsp3) is 0.517. The molecule has 0 saturated heterocycles. The van der Waals surface area contributed by atoms with Gasteiger partial charge in [-0.1, -0.05) is 12.8 Å². The molecule has 1 aromatic carbocycles. The lowest BCUT2D eigenvalue weighted by Crippen LogP contribution is -2.65. The van der Waals surface area contributed by atoms with Crippen LogP contribution in [0.3, 0.4) is 0 Å². The summed E-state index contributed by atoms with van der Waals surface area (Å²) in [5.74, 6) is -9.63. The van der Waals surface area contributed by atoms with Crippen LogP contribution < -0.4 is 11.1 Å². The Kier molecular flexibility index (Phi) is 7.40. The number of Topliss-reactive ketones (excluding diaryl/α,β-unsaturated/α-hetero) is 2. The quantitative estimate of drug-likeness (QED) is 0.206. The molecule has 7 N–H and O–H groups in total. The Hall–Kier alpha value is -3.81. The Morgan fingerprint density at radius 3 is 2.38 bits per heavy atom. The summed E-state index contributed by atoms with van der Waals surface area (Å²) in [6.45, 7) is -0.00949. The summed E-state index contributed by atoms with van der Waals surface area (Å²) >= 11 is 0. The lowest BCUT2D eigenvalue weighted by Gasteiger charge is -2.50. The van der Waals surface area contributed by atoms with Gasteiger partial charge in [0.15, 0.2) is 17.1 Å². The number of aliphatic hydroxyl groups excluding tert-OH is 2. The summed E-state index contributed by atoms with van der Waals surface area (Å²) in [5, 5.41) is 47.4. The van der Waals surface area contributed by atoms with Crippen molar-refractivity contribution in [2.45, 2.75) is 56.2 Å². The molecule has 0 spiro atoms. The molecule has 42 heavy (non-hydrogen) atoms. The van der Waals surface area contributed by atoms with E-state index in [1.54, 1.807) is 7.05 Å². The molecular formula is C29H35FN4O8. The Labute approximate surface area is 241 Å². The lowest BCUT2D eigenvalue weighted by molar-refractivity contribution is -0.153. The average molecular weight is 587 g/mol. The number of likely N-dealkylation sites (N-methyl/N-ethyl adjacent to an activating group) is 2. The number of phenols is 1. The number of aromatic hydroxyl groups is 1. The van der Waals surface area contributed by atoms with E-state index in [0.29, 0.717) is 0 Å². The standard InChI is InChI=1S/C29H35FN4O8/c1-33(2)22-15-9-12-8-14-16(30)10-17(32-18(35)11-34(3)13-6-4-5-7-13)23(36)20(14)24(37)19(12)26(39)29(15,42)27(40)21(25(22)38)28(31)41/h10,12-13,15,22,36-37,40,42H,4-9,11H2,1-3H3,(H2,31,41)(H,32,35)/t12-,15-,22-,29-/m0/s1. The summed E-state index contributed by atoms with van der Waals surface area (Å²) in [4.78, 5) is 55.2. The molecule has 226 valence electrons. The van der Waals surface area contributed by atoms with Gasteiger partial charge in [0.1, 0.15) is 22.9 Å². The number of nitrogens with zero attached hydrogens (tertiary/aromatic N) is 2. The molecule has 0 bridgehead atoms. The normalized spacial score (nSPS) is 27.8. The molecule has 4 atom stereocenters. The molecule has 1 aromatic rings. The molecule has 12 nitrogen and oxygen atoms in total. The number of ketones is 2. The summed E-state index contributed by atoms with van der Waals surface area (Å²) in [7, 11) is 4.79. The number of benzene rings is 1. The maximum absolute atomic E-state index is 15.5. The van der Waals surface area contributed by atoms with Gasteiger partial charge in [-0.2, -0.15) is 0 Å². The van der Waals surface area contributed by atoms with E-state index in [0.717, 1.165) is 31.7 Å². The van der Waals surface area contributed by atoms with Crippen LogP contribution in [0.2, 0.25) is 0 Å². The van der Waals surface area contributed by atoms with Crippen LogP contribution in [0.5, 0.6) is 5.75 Å². The number of halogens is 1. The molecule has 2 amide bonds. The van der Waals surface area contributed by atoms with Gasteiger partial charge in [-0.05, 0) is 52.7 Å². The van der Waals surface area contributed by atoms with Crippen LogP contribution in [0.4, 0.5) is 10.1 Å². The molecule has 2 saturated carbocycles. The minimum absolute atomic E-state index is 0.00949. The molecule has 0 aromatic heterocycles. The number of amides is 2. The van der Waals surface area contributed by atoms with E-state index in [2.05, 4.69) is 5.32 Å². The Morgan fingerprint density at radius 1 is 1.14 bits per heavy atom. The van der Waals surface area contributed by atoms with Gasteiger partial charge in [-0.25, -0.2) is 4.39 Å². The first-order chi connectivity index (χ1) is 19.7. The molecule has 0 radical (unpaired) electrons. The second-order valence-corrected chi connectivity index (χ2v) is 12.0. The number of carbonyl (C=O) groups is 4. The first kappa shape index (κ1) is 29.7. The number of rotatable bonds is 6. The number of anilines is 1. The highest BCUT2D eigenvalue weighted by atomic mass is 19.1. The van der Waals surface area contributed by atoms with Crippen molar-refractivity contribution < 1.29 is 44.0 Å². The predicted octanol–water partition coefficient (Wildman–Crippen LogP) is 0.916. The first-order valence-corrected chi connectivity index (χ1v) is 13.9. The number of hydrogen-bond acceptors (Lipinski definition) is 10. The third kappa shape index (κ3) is 4.38. The third-order valence-corrected chi connectivity index (χ3v) is 9.28. The van der Waals surface area contributed by atoms with Crippen molar-refractivity contribution in [1.29, 1.82) is 0 Å². The van der Waals surface area contributed by atoms with Crippen LogP contribution >= 0.6 is 0 Å². The number of primary amides is 1. The predicted molar refractivity (Wildman–Crippen MR) is 148 cm³/mol. The SMILES string of the molecule is CN(CC(=O)Nc1cc(F)c2c(c1O)C(O)=C1C(=O)[C@]3(O)C(O)=C(C(N)=O)C(=O)[C@@H](N(C)C)[C@@H]3C[C@@H]1C2)C1CCCC1. The first-order valence-electron chi connectivity index (χ1n) is 13.9. The van der Waals surface area contributed by atoms with Gasteiger partial charge in [0.2, 0.25) is 11.7 Å². The van der Waals surface area contributed by atoms with Crippen molar-refractivity contribution in [3.05, 3.63) is 39.9 Å². The van der Waals surface area contributed by atoms with Gasteiger partial charge < -0.3 is 31.5 Å². The van der Waals surface area contributed by atoms with Crippen LogP contribution in [0.25, 0.3) is 5.76 Å². The van der Waals surface area contributed by atoms with E-state index in [1.165, 1.54) is 19.0 Å². The fourth-order valence-electron chi connectivity index (χ4n) is 7.25. The summed E-state index contributed by atoms with van der Waals surface area (Å²) < 4.78 is 15.5. The molecule has 5 rings (SSSR count). The molecule has 2 fully saturated rings. The Bertz CT molecular complexity index is 1460. The lowest BCUT2D eigenvalue weighted by atomic mass is 9.57. The topological polar surface area (TPSA) is 194 Å². The number of aliphatic hydroxyl groups is 3. The summed E-state index contributed by atoms with van der Waals surface area (Å²) in [6.07, 6.45) is 3.72. The van der Waals surface area contributed by atoms with E-state index in [4.69, 9.17) is 5.73 Å². The van der Waals surface area contributed by atoms with Gasteiger partial charge in [-0.3, -0.25) is 29.0 Å². The Morgan fingerprint density at radius 2 is 1.79 bits per heavy atom. The molecule has 0 unspecified atom stereocenters. The average Bonchev–Trinajstić information content (AvgIpc) is 3.44. The van der Waals surface area contributed by atoms with Gasteiger partial charge in [0.05, 0.1) is 23.8 Å². The van der Waals surface area contributed by atoms with Crippen LogP contribution in [0.1, 0.15) is 43.2 Å². The van der Waals surface area contributed by atoms with Gasteiger partial charge in [-0.15, -0.1) is 0 Å². The number of hydrogen-bond donors (Lipinski definition) is 6. The highest BCUT2D eigenvalue weighted by Gasteiger charge is 2.64. The molecule has 0 aliphatic heterocycles. The minimum Gasteiger partial charge on any atom is -0.508 e. The molecule has 13 heteroatoms. The Balaban J connectivity index is 1.55. The zero-order valence-electron chi connectivity index (χ0n) is 23.6. The summed E-state index contributed by atoms with van der Waals surface area (Å²) in [6, 6.07) is -0.0490. The van der Waals surface area contributed by atoms with Crippen LogP contribution in [0.15, 0.2) is 23.0 Å². The van der Waals surface area contributed by atoms with E-state index in [-0.39, 0.29) is 36.7 Å². The van der Waals surface area contributed by atoms with Gasteiger partial charge in [0.25, 0.3) is 5.91 Å². The highest BCUT2D eigenvalue weighted by molar-refractivity contribution is 6.24. The smallest absolute Gasteiger partial charge is 0.255 e. The van der Waals surface area contributed by atoms with Crippen molar-refractivity contribution in [1.82, 2.24) is 9.80 Å². The number of phenolic OH excluding ortho intramolecular Hbond substituents is 1. The number of fused-ring (bicyclic) bond motifs is 3. The van der Waals surface area contributed by atoms with Crippen molar-refractivity contribution in [2.24, 2.45) is 17.6 Å². The molecule has 4 aliphatic carbocycles. The fourth-order valence-corrected chi connectivity index (χ4v) is 7.25. The van der Waals surface area contributed by atoms with Crippen molar-refractivity contribution in [3.8, 4) is 5.75 Å². The van der Waals surface area contributed by atoms with Crippen LogP contribution in [-0.2, 0) is 25.6 Å². The monoisotopic (exact) mass is 586 g/mol. The zero-order valence-corrected chi connectivity index (χ0v) is 23.6. The third-order valence-electron chi connectivity index (χ3n) is 9.28. The second-order valence-electron chi connectivity index (χ2n) is 12.0. The van der Waals surface area contributed by atoms with Crippen LogP contribution in [0, 0.1) is 17.7 Å². The van der Waals surface area contributed by atoms with E-state index >= 15 is 4.39 Å². The molecule has 0 heterocycles. The number of carbonyl (C=O) groups excluding carboxylic acids is 4. The molecule has 4 aliphatic rings. The number of nitrogens with two attached hydrogens (primary N) is 1. The maximum atomic E-state index is 15.5. The van der Waals surface area contributed by atoms with E-state index < -0.39 is 86.7 Å². The van der Waals surface area contributed by atoms with Crippen molar-refractivity contribution in [3.63, 3.8) is 0 Å². The summed E-state index contributed by atoms with van der Waals surface area (Å²) in [5.41, 5.74) is 0.363. The van der Waals surface area contributed by atoms with Crippen molar-refractivity contribution >= 4 is 34.8 Å². The van der Waals surface area contributed by atoms with Crippen LogP contribution in [-0.4, -0.2) is 99.0 Å². The van der Waals surface area contributed by atoms with E-state index in [9.17, 15) is 39.6 Å². The zero-order chi connectivity index (χ0) is 30.8. The maximum Gasteiger partial charge on any atom is 0.255 e. The largest absolute Gasteiger partial charge is 0.508 e. The van der Waals surface area contributed by atoms with Gasteiger partial charge >= 0.3 is 0 Å². The molecular weight excluding hydrogens is 551 g/mol.